The summed E-state index contributed by atoms with van der Waals surface area (Å²) in [5.74, 6) is 0.382. The van der Waals surface area contributed by atoms with Crippen LogP contribution in [0.15, 0.2) is 30.3 Å². The van der Waals surface area contributed by atoms with Gasteiger partial charge in [0, 0.05) is 4.88 Å². The largest absolute Gasteiger partial charge is 0.490 e. The zero-order valence-corrected chi connectivity index (χ0v) is 12.8. The second-order valence-electron chi connectivity index (χ2n) is 5.03. The molecule has 0 unspecified atom stereocenters. The van der Waals surface area contributed by atoms with Crippen molar-refractivity contribution in [2.24, 2.45) is 0 Å². The van der Waals surface area contributed by atoms with Crippen molar-refractivity contribution in [1.29, 1.82) is 5.26 Å². The van der Waals surface area contributed by atoms with Gasteiger partial charge in [0.15, 0.2) is 0 Å². The molecule has 1 aromatic carbocycles. The molecule has 0 amide bonds. The second kappa shape index (κ2) is 6.63. The van der Waals surface area contributed by atoms with Crippen LogP contribution in [-0.4, -0.2) is 19.2 Å². The maximum absolute atomic E-state index is 11.9. The van der Waals surface area contributed by atoms with E-state index in [9.17, 15) is 4.79 Å². The van der Waals surface area contributed by atoms with E-state index in [0.717, 1.165) is 12.8 Å². The Morgan fingerprint density at radius 1 is 1.23 bits per heavy atom. The van der Waals surface area contributed by atoms with Gasteiger partial charge in [-0.2, -0.15) is 5.26 Å². The third kappa shape index (κ3) is 3.29. The van der Waals surface area contributed by atoms with Crippen molar-refractivity contribution in [2.45, 2.75) is 19.3 Å². The second-order valence-corrected chi connectivity index (χ2v) is 6.17. The van der Waals surface area contributed by atoms with E-state index in [1.165, 1.54) is 16.9 Å². The predicted octanol–water partition coefficient (Wildman–Crippen LogP) is 3.34. The summed E-state index contributed by atoms with van der Waals surface area (Å²) in [6.07, 6.45) is 3.34. The topological polar surface area (TPSA) is 59.3 Å². The Morgan fingerprint density at radius 2 is 2.05 bits per heavy atom. The number of benzene rings is 1. The quantitative estimate of drug-likeness (QED) is 0.627. The summed E-state index contributed by atoms with van der Waals surface area (Å²) < 4.78 is 10.7. The monoisotopic (exact) mass is 313 g/mol. The highest BCUT2D eigenvalue weighted by Gasteiger charge is 2.19. The van der Waals surface area contributed by atoms with Gasteiger partial charge in [-0.1, -0.05) is 0 Å². The van der Waals surface area contributed by atoms with Gasteiger partial charge >= 0.3 is 5.97 Å². The van der Waals surface area contributed by atoms with E-state index in [1.54, 1.807) is 35.6 Å². The van der Waals surface area contributed by atoms with Gasteiger partial charge in [0.05, 0.1) is 11.6 Å². The molecule has 3 rings (SSSR count). The number of nitrogens with zero attached hydrogens (tertiary/aromatic N) is 1. The molecular weight excluding hydrogens is 298 g/mol. The summed E-state index contributed by atoms with van der Waals surface area (Å²) in [4.78, 5) is 13.9. The molecule has 0 radical (unpaired) electrons. The van der Waals surface area contributed by atoms with Gasteiger partial charge in [-0.05, 0) is 55.2 Å². The summed E-state index contributed by atoms with van der Waals surface area (Å²) >= 11 is 1.54. The van der Waals surface area contributed by atoms with Crippen LogP contribution in [0.1, 0.15) is 32.1 Å². The Hall–Kier alpha value is -2.32. The third-order valence-electron chi connectivity index (χ3n) is 3.52. The fourth-order valence-electron chi connectivity index (χ4n) is 2.42. The molecule has 22 heavy (non-hydrogen) atoms. The SMILES string of the molecule is N#Cc1ccc(OCCOC(=O)c2cc3c(s2)CCC3)cc1. The van der Waals surface area contributed by atoms with Crippen LogP contribution < -0.4 is 4.74 Å². The van der Waals surface area contributed by atoms with Gasteiger partial charge in [-0.25, -0.2) is 4.79 Å². The molecule has 1 aliphatic rings. The van der Waals surface area contributed by atoms with Crippen LogP contribution in [0.4, 0.5) is 0 Å². The summed E-state index contributed by atoms with van der Waals surface area (Å²) in [6.45, 7) is 0.504. The van der Waals surface area contributed by atoms with Crippen molar-refractivity contribution < 1.29 is 14.3 Å². The van der Waals surface area contributed by atoms with Gasteiger partial charge < -0.3 is 9.47 Å². The molecule has 0 fully saturated rings. The number of hydrogen-bond donors (Lipinski definition) is 0. The molecule has 2 aromatic rings. The summed E-state index contributed by atoms with van der Waals surface area (Å²) in [5.41, 5.74) is 1.88. The van der Waals surface area contributed by atoms with Crippen LogP contribution in [0.2, 0.25) is 0 Å². The molecule has 0 bridgehead atoms. The minimum atomic E-state index is -0.275. The van der Waals surface area contributed by atoms with Gasteiger partial charge in [-0.15, -0.1) is 11.3 Å². The molecule has 0 aliphatic heterocycles. The van der Waals surface area contributed by atoms with Gasteiger partial charge in [0.2, 0.25) is 0 Å². The molecular formula is C17H15NO3S. The Labute approximate surface area is 132 Å². The fraction of sp³-hybridized carbons (Fsp3) is 0.294. The number of hydrogen-bond acceptors (Lipinski definition) is 5. The number of carbonyl (C=O) groups is 1. The Kier molecular flexibility index (Phi) is 4.40. The minimum absolute atomic E-state index is 0.210. The van der Waals surface area contributed by atoms with Crippen molar-refractivity contribution in [2.75, 3.05) is 13.2 Å². The average molecular weight is 313 g/mol. The molecule has 0 N–H and O–H groups in total. The van der Waals surface area contributed by atoms with E-state index in [2.05, 4.69) is 0 Å². The van der Waals surface area contributed by atoms with Gasteiger partial charge in [0.1, 0.15) is 23.8 Å². The van der Waals surface area contributed by atoms with Crippen LogP contribution in [0.25, 0.3) is 0 Å². The molecule has 1 aliphatic carbocycles. The first-order valence-electron chi connectivity index (χ1n) is 7.18. The maximum atomic E-state index is 11.9. The minimum Gasteiger partial charge on any atom is -0.490 e. The van der Waals surface area contributed by atoms with Crippen molar-refractivity contribution in [1.82, 2.24) is 0 Å². The van der Waals surface area contributed by atoms with Gasteiger partial charge in [0.25, 0.3) is 0 Å². The Morgan fingerprint density at radius 3 is 2.77 bits per heavy atom. The van der Waals surface area contributed by atoms with Crippen molar-refractivity contribution in [3.8, 4) is 11.8 Å². The summed E-state index contributed by atoms with van der Waals surface area (Å²) in [5, 5.41) is 8.71. The first-order valence-corrected chi connectivity index (χ1v) is 7.99. The number of carbonyl (C=O) groups excluding carboxylic acids is 1. The maximum Gasteiger partial charge on any atom is 0.348 e. The third-order valence-corrected chi connectivity index (χ3v) is 4.73. The summed E-state index contributed by atoms with van der Waals surface area (Å²) in [7, 11) is 0. The summed E-state index contributed by atoms with van der Waals surface area (Å²) in [6, 6.07) is 10.8. The number of aryl methyl sites for hydroxylation is 2. The van der Waals surface area contributed by atoms with E-state index < -0.39 is 0 Å². The standard InChI is InChI=1S/C17H15NO3S/c18-11-12-4-6-14(7-5-12)20-8-9-21-17(19)16-10-13-2-1-3-15(13)22-16/h4-7,10H,1-3,8-9H2. The Balaban J connectivity index is 1.44. The van der Waals surface area contributed by atoms with E-state index in [-0.39, 0.29) is 12.6 Å². The molecule has 112 valence electrons. The number of rotatable bonds is 5. The average Bonchev–Trinajstić information content (AvgIpc) is 3.13. The molecule has 0 spiro atoms. The molecule has 0 saturated carbocycles. The lowest BCUT2D eigenvalue weighted by atomic mass is 10.2. The predicted molar refractivity (Wildman–Crippen MR) is 83.3 cm³/mol. The number of ether oxygens (including phenoxy) is 2. The number of esters is 1. The smallest absolute Gasteiger partial charge is 0.348 e. The van der Waals surface area contributed by atoms with Crippen LogP contribution in [0, 0.1) is 11.3 Å². The van der Waals surface area contributed by atoms with Gasteiger partial charge in [-0.3, -0.25) is 0 Å². The lowest BCUT2D eigenvalue weighted by Crippen LogP contribution is -2.11. The van der Waals surface area contributed by atoms with Crippen LogP contribution in [0.5, 0.6) is 5.75 Å². The fourth-order valence-corrected chi connectivity index (χ4v) is 3.57. The van der Waals surface area contributed by atoms with Crippen LogP contribution in [0.3, 0.4) is 0 Å². The lowest BCUT2D eigenvalue weighted by molar-refractivity contribution is 0.0456. The first kappa shape index (κ1) is 14.6. The van der Waals surface area contributed by atoms with Crippen molar-refractivity contribution >= 4 is 17.3 Å². The lowest BCUT2D eigenvalue weighted by Gasteiger charge is -2.06. The van der Waals surface area contributed by atoms with Crippen molar-refractivity contribution in [3.63, 3.8) is 0 Å². The van der Waals surface area contributed by atoms with E-state index in [1.807, 2.05) is 12.1 Å². The molecule has 1 heterocycles. The number of fused-ring (bicyclic) bond motifs is 1. The molecule has 1 aromatic heterocycles. The van der Waals surface area contributed by atoms with Crippen molar-refractivity contribution in [3.05, 3.63) is 51.2 Å². The zero-order valence-electron chi connectivity index (χ0n) is 12.0. The van der Waals surface area contributed by atoms with Crippen LogP contribution >= 0.6 is 11.3 Å². The molecule has 0 saturated heterocycles. The molecule has 4 nitrogen and oxygen atoms in total. The zero-order chi connectivity index (χ0) is 15.4. The highest BCUT2D eigenvalue weighted by atomic mass is 32.1. The number of nitriles is 1. The van der Waals surface area contributed by atoms with E-state index in [0.29, 0.717) is 22.8 Å². The van der Waals surface area contributed by atoms with E-state index in [4.69, 9.17) is 14.7 Å². The highest BCUT2D eigenvalue weighted by molar-refractivity contribution is 7.14. The first-order chi connectivity index (χ1) is 10.8. The van der Waals surface area contributed by atoms with E-state index >= 15 is 0 Å². The van der Waals surface area contributed by atoms with Crippen LogP contribution in [-0.2, 0) is 17.6 Å². The number of thiophene rings is 1. The normalized spacial score (nSPS) is 12.5. The Bertz CT molecular complexity index is 691. The highest BCUT2D eigenvalue weighted by Crippen LogP contribution is 2.30. The molecule has 5 heteroatoms. The molecule has 0 atom stereocenters.